The molecule has 1 aliphatic rings. The van der Waals surface area contributed by atoms with Crippen molar-refractivity contribution in [3.8, 4) is 0 Å². The first-order valence-corrected chi connectivity index (χ1v) is 7.76. The van der Waals surface area contributed by atoms with Crippen LogP contribution in [-0.4, -0.2) is 44.4 Å². The third-order valence-corrected chi connectivity index (χ3v) is 3.99. The Kier molecular flexibility index (Phi) is 4.42. The van der Waals surface area contributed by atoms with Crippen molar-refractivity contribution in [2.75, 3.05) is 6.54 Å². The number of amides is 1. The Morgan fingerprint density at radius 3 is 2.71 bits per heavy atom. The van der Waals surface area contributed by atoms with Gasteiger partial charge in [0.05, 0.1) is 11.6 Å². The second-order valence-corrected chi connectivity index (χ2v) is 7.13. The maximum Gasteiger partial charge on any atom is 0.274 e. The molecular formula is C16H27N3O2. The highest BCUT2D eigenvalue weighted by Gasteiger charge is 2.32. The minimum Gasteiger partial charge on any atom is -0.393 e. The van der Waals surface area contributed by atoms with E-state index in [2.05, 4.69) is 25.9 Å². The lowest BCUT2D eigenvalue weighted by Crippen LogP contribution is -2.37. The summed E-state index contributed by atoms with van der Waals surface area (Å²) in [6, 6.07) is 2.00. The number of hydrogen-bond donors (Lipinski definition) is 1. The quantitative estimate of drug-likeness (QED) is 0.930. The lowest BCUT2D eigenvalue weighted by molar-refractivity contribution is 0.0674. The van der Waals surface area contributed by atoms with Gasteiger partial charge in [0.15, 0.2) is 5.69 Å². The first-order valence-electron chi connectivity index (χ1n) is 7.76. The first-order chi connectivity index (χ1) is 9.70. The molecule has 1 aromatic rings. The van der Waals surface area contributed by atoms with Crippen LogP contribution in [0.15, 0.2) is 6.07 Å². The van der Waals surface area contributed by atoms with Crippen LogP contribution in [0.2, 0.25) is 0 Å². The van der Waals surface area contributed by atoms with E-state index in [4.69, 9.17) is 0 Å². The Balaban J connectivity index is 2.20. The van der Waals surface area contributed by atoms with Gasteiger partial charge in [-0.05, 0) is 59.9 Å². The van der Waals surface area contributed by atoms with Crippen LogP contribution in [0.3, 0.4) is 0 Å². The minimum absolute atomic E-state index is 0.00995. The van der Waals surface area contributed by atoms with Crippen molar-refractivity contribution in [2.24, 2.45) is 0 Å². The molecule has 1 N–H and O–H groups in total. The van der Waals surface area contributed by atoms with Crippen LogP contribution in [-0.2, 0) is 5.54 Å². The molecule has 1 saturated heterocycles. The molecule has 0 saturated carbocycles. The van der Waals surface area contributed by atoms with Crippen LogP contribution in [0.25, 0.3) is 0 Å². The second kappa shape index (κ2) is 5.79. The largest absolute Gasteiger partial charge is 0.393 e. The lowest BCUT2D eigenvalue weighted by atomic mass is 10.1. The average molecular weight is 293 g/mol. The summed E-state index contributed by atoms with van der Waals surface area (Å²) in [7, 11) is 0. The van der Waals surface area contributed by atoms with Gasteiger partial charge in [0, 0.05) is 18.3 Å². The van der Waals surface area contributed by atoms with Crippen molar-refractivity contribution in [3.63, 3.8) is 0 Å². The summed E-state index contributed by atoms with van der Waals surface area (Å²) in [5, 5.41) is 14.1. The van der Waals surface area contributed by atoms with Crippen molar-refractivity contribution >= 4 is 5.91 Å². The summed E-state index contributed by atoms with van der Waals surface area (Å²) in [5.74, 6) is -0.00995. The van der Waals surface area contributed by atoms with Crippen molar-refractivity contribution < 1.29 is 9.90 Å². The fourth-order valence-corrected chi connectivity index (χ4v) is 3.15. The van der Waals surface area contributed by atoms with Gasteiger partial charge in [-0.25, -0.2) is 0 Å². The van der Waals surface area contributed by atoms with Crippen molar-refractivity contribution in [3.05, 3.63) is 17.5 Å². The van der Waals surface area contributed by atoms with E-state index < -0.39 is 0 Å². The number of carbonyl (C=O) groups excluding carboxylic acids is 1. The number of carbonyl (C=O) groups is 1. The Morgan fingerprint density at radius 2 is 2.19 bits per heavy atom. The van der Waals surface area contributed by atoms with Gasteiger partial charge in [-0.1, -0.05) is 0 Å². The van der Waals surface area contributed by atoms with Crippen LogP contribution in [0.1, 0.15) is 63.1 Å². The van der Waals surface area contributed by atoms with E-state index in [0.717, 1.165) is 25.1 Å². The van der Waals surface area contributed by atoms with Crippen LogP contribution >= 0.6 is 0 Å². The van der Waals surface area contributed by atoms with E-state index in [1.807, 2.05) is 22.6 Å². The zero-order valence-corrected chi connectivity index (χ0v) is 13.8. The molecule has 1 fully saturated rings. The molecule has 0 spiro atoms. The molecule has 2 unspecified atom stereocenters. The standard InChI is InChI=1S/C16H27N3O2/c1-11-9-14(17-19(11)16(3,4)5)15(21)18-8-6-7-13(18)10-12(2)20/h9,12-13,20H,6-8,10H2,1-5H3. The van der Waals surface area contributed by atoms with Gasteiger partial charge < -0.3 is 10.0 Å². The topological polar surface area (TPSA) is 58.4 Å². The lowest BCUT2D eigenvalue weighted by Gasteiger charge is -2.25. The molecule has 5 heteroatoms. The summed E-state index contributed by atoms with van der Waals surface area (Å²) in [4.78, 5) is 14.6. The Bertz CT molecular complexity index is 514. The summed E-state index contributed by atoms with van der Waals surface area (Å²) in [6.07, 6.45) is 2.24. The number of aromatic nitrogens is 2. The number of aliphatic hydroxyl groups excluding tert-OH is 1. The van der Waals surface area contributed by atoms with E-state index in [1.54, 1.807) is 6.92 Å². The summed E-state index contributed by atoms with van der Waals surface area (Å²) in [5.41, 5.74) is 1.38. The number of hydrogen-bond acceptors (Lipinski definition) is 3. The highest BCUT2D eigenvalue weighted by molar-refractivity contribution is 5.92. The van der Waals surface area contributed by atoms with Gasteiger partial charge in [0.2, 0.25) is 0 Å². The van der Waals surface area contributed by atoms with Gasteiger partial charge in [0.25, 0.3) is 5.91 Å². The van der Waals surface area contributed by atoms with Crippen LogP contribution in [0.4, 0.5) is 0 Å². The smallest absolute Gasteiger partial charge is 0.274 e. The molecule has 1 amide bonds. The average Bonchev–Trinajstić information content (AvgIpc) is 2.93. The monoisotopic (exact) mass is 293 g/mol. The summed E-state index contributed by atoms with van der Waals surface area (Å²) in [6.45, 7) is 10.7. The number of likely N-dealkylation sites (tertiary alicyclic amines) is 1. The van der Waals surface area contributed by atoms with Crippen LogP contribution in [0.5, 0.6) is 0 Å². The number of aryl methyl sites for hydroxylation is 1. The highest BCUT2D eigenvalue weighted by Crippen LogP contribution is 2.24. The maximum atomic E-state index is 12.7. The van der Waals surface area contributed by atoms with E-state index >= 15 is 0 Å². The van der Waals surface area contributed by atoms with E-state index in [1.165, 1.54) is 0 Å². The molecule has 2 heterocycles. The van der Waals surface area contributed by atoms with Crippen molar-refractivity contribution in [2.45, 2.75) is 71.6 Å². The SMILES string of the molecule is Cc1cc(C(=O)N2CCCC2CC(C)O)nn1C(C)(C)C. The summed E-state index contributed by atoms with van der Waals surface area (Å²) >= 11 is 0. The number of aliphatic hydroxyl groups is 1. The number of nitrogens with zero attached hydrogens (tertiary/aromatic N) is 3. The maximum absolute atomic E-state index is 12.7. The highest BCUT2D eigenvalue weighted by atomic mass is 16.3. The Morgan fingerprint density at radius 1 is 1.52 bits per heavy atom. The third-order valence-electron chi connectivity index (χ3n) is 3.99. The van der Waals surface area contributed by atoms with Gasteiger partial charge in [-0.2, -0.15) is 5.10 Å². The molecule has 0 radical (unpaired) electrons. The van der Waals surface area contributed by atoms with E-state index in [-0.39, 0.29) is 23.6 Å². The molecule has 1 aromatic heterocycles. The zero-order chi connectivity index (χ0) is 15.8. The zero-order valence-electron chi connectivity index (χ0n) is 13.8. The normalized spacial score (nSPS) is 20.9. The van der Waals surface area contributed by atoms with Crippen LogP contribution in [0, 0.1) is 6.92 Å². The first kappa shape index (κ1) is 16.0. The molecule has 21 heavy (non-hydrogen) atoms. The Labute approximate surface area is 126 Å². The van der Waals surface area contributed by atoms with Gasteiger partial charge in [0.1, 0.15) is 0 Å². The fraction of sp³-hybridized carbons (Fsp3) is 0.750. The Hall–Kier alpha value is -1.36. The minimum atomic E-state index is -0.378. The fourth-order valence-electron chi connectivity index (χ4n) is 3.15. The molecule has 2 atom stereocenters. The predicted octanol–water partition coefficient (Wildman–Crippen LogP) is 2.32. The van der Waals surface area contributed by atoms with Crippen molar-refractivity contribution in [1.82, 2.24) is 14.7 Å². The van der Waals surface area contributed by atoms with Crippen molar-refractivity contribution in [1.29, 1.82) is 0 Å². The molecular weight excluding hydrogens is 266 g/mol. The molecule has 1 aliphatic heterocycles. The van der Waals surface area contributed by atoms with Gasteiger partial charge in [-0.15, -0.1) is 0 Å². The van der Waals surface area contributed by atoms with Gasteiger partial charge in [-0.3, -0.25) is 9.48 Å². The van der Waals surface area contributed by atoms with Crippen LogP contribution < -0.4 is 0 Å². The molecule has 0 bridgehead atoms. The molecule has 0 aliphatic carbocycles. The molecule has 118 valence electrons. The predicted molar refractivity (Wildman–Crippen MR) is 82.3 cm³/mol. The molecule has 2 rings (SSSR count). The molecule has 0 aromatic carbocycles. The molecule has 5 nitrogen and oxygen atoms in total. The van der Waals surface area contributed by atoms with E-state index in [9.17, 15) is 9.90 Å². The third kappa shape index (κ3) is 3.46. The number of rotatable bonds is 3. The van der Waals surface area contributed by atoms with Gasteiger partial charge >= 0.3 is 0 Å². The summed E-state index contributed by atoms with van der Waals surface area (Å²) < 4.78 is 1.90. The van der Waals surface area contributed by atoms with E-state index in [0.29, 0.717) is 12.1 Å². The second-order valence-electron chi connectivity index (χ2n) is 7.13.